The maximum atomic E-state index is 2.53. The minimum atomic E-state index is -0.467. The standard InChI is InChI=1S/C55H41NS/c1-53(2)43-18-8-5-15-37(43)39-28-25-35(32-49(39)53)56(34-27-30-52-42(31-34)41-17-7-14-24-51(41)57-52)36-26-29-40-38-16-6-9-19-44(38)55(50(40)33-36)47-22-12-10-20-45(47)54(3,4)46-21-11-13-23-48(46)55/h5-33H,1-4H3. The van der Waals surface area contributed by atoms with Gasteiger partial charge in [0.05, 0.1) is 5.41 Å². The van der Waals surface area contributed by atoms with Gasteiger partial charge in [-0.3, -0.25) is 0 Å². The quantitative estimate of drug-likeness (QED) is 0.174. The number of nitrogens with zero attached hydrogens (tertiary/aromatic N) is 1. The fourth-order valence-corrected chi connectivity index (χ4v) is 12.2. The molecule has 0 amide bonds. The van der Waals surface area contributed by atoms with Gasteiger partial charge in [0.25, 0.3) is 0 Å². The molecule has 0 N–H and O–H groups in total. The van der Waals surface area contributed by atoms with Crippen molar-refractivity contribution < 1.29 is 0 Å². The van der Waals surface area contributed by atoms with E-state index in [1.165, 1.54) is 92.6 Å². The molecule has 12 rings (SSSR count). The van der Waals surface area contributed by atoms with Crippen LogP contribution in [0.1, 0.15) is 72.2 Å². The first-order valence-corrected chi connectivity index (χ1v) is 21.0. The average molecular weight is 748 g/mol. The van der Waals surface area contributed by atoms with Crippen molar-refractivity contribution in [3.63, 3.8) is 0 Å². The highest BCUT2D eigenvalue weighted by molar-refractivity contribution is 7.25. The van der Waals surface area contributed by atoms with Crippen LogP contribution >= 0.6 is 11.3 Å². The third kappa shape index (κ3) is 4.24. The SMILES string of the molecule is CC1(C)c2ccccc2-c2ccc(N(c3ccc4c(c3)C3(c5ccccc5-4)c4ccccc4C(C)(C)c4ccccc43)c3ccc4sc5ccccc5c4c3)cc21. The molecule has 0 bridgehead atoms. The Morgan fingerprint density at radius 2 is 0.772 bits per heavy atom. The molecule has 1 nitrogen and oxygen atoms in total. The van der Waals surface area contributed by atoms with Gasteiger partial charge in [0, 0.05) is 48.1 Å². The van der Waals surface area contributed by atoms with Gasteiger partial charge < -0.3 is 4.90 Å². The Labute approximate surface area is 338 Å². The molecule has 57 heavy (non-hydrogen) atoms. The van der Waals surface area contributed by atoms with E-state index in [-0.39, 0.29) is 10.8 Å². The van der Waals surface area contributed by atoms with Crippen LogP contribution in [0.2, 0.25) is 0 Å². The molecule has 0 radical (unpaired) electrons. The molecule has 0 aliphatic heterocycles. The monoisotopic (exact) mass is 747 g/mol. The van der Waals surface area contributed by atoms with Gasteiger partial charge in [-0.05, 0) is 115 Å². The first kappa shape index (κ1) is 33.0. The second-order valence-electron chi connectivity index (χ2n) is 17.3. The van der Waals surface area contributed by atoms with Crippen LogP contribution in [0.4, 0.5) is 17.1 Å². The molecule has 8 aromatic carbocycles. The summed E-state index contributed by atoms with van der Waals surface area (Å²) >= 11 is 1.87. The lowest BCUT2D eigenvalue weighted by Crippen LogP contribution is -2.40. The van der Waals surface area contributed by atoms with Gasteiger partial charge in [-0.25, -0.2) is 0 Å². The number of anilines is 3. The number of benzene rings is 8. The Balaban J connectivity index is 1.15. The number of thiophene rings is 1. The Morgan fingerprint density at radius 1 is 0.333 bits per heavy atom. The lowest BCUT2D eigenvalue weighted by molar-refractivity contribution is 0.563. The molecule has 2 heteroatoms. The topological polar surface area (TPSA) is 3.24 Å². The molecule has 0 saturated heterocycles. The van der Waals surface area contributed by atoms with Crippen LogP contribution in [0, 0.1) is 0 Å². The number of fused-ring (bicyclic) bond motifs is 15. The van der Waals surface area contributed by atoms with Crippen molar-refractivity contribution in [2.45, 2.75) is 43.9 Å². The summed E-state index contributed by atoms with van der Waals surface area (Å²) in [6, 6.07) is 67.0. The van der Waals surface area contributed by atoms with Crippen molar-refractivity contribution in [1.29, 1.82) is 0 Å². The number of hydrogen-bond acceptors (Lipinski definition) is 2. The Bertz CT molecular complexity index is 3110. The summed E-state index contributed by atoms with van der Waals surface area (Å²) in [5, 5.41) is 2.61. The predicted molar refractivity (Wildman–Crippen MR) is 241 cm³/mol. The van der Waals surface area contributed by atoms with Gasteiger partial charge in [0.1, 0.15) is 0 Å². The minimum Gasteiger partial charge on any atom is -0.310 e. The largest absolute Gasteiger partial charge is 0.310 e. The van der Waals surface area contributed by atoms with Gasteiger partial charge in [0.2, 0.25) is 0 Å². The summed E-state index contributed by atoms with van der Waals surface area (Å²) in [7, 11) is 0. The number of hydrogen-bond donors (Lipinski definition) is 0. The smallest absolute Gasteiger partial charge is 0.0720 e. The lowest BCUT2D eigenvalue weighted by atomic mass is 9.55. The molecule has 0 unspecified atom stereocenters. The van der Waals surface area contributed by atoms with E-state index in [0.29, 0.717) is 0 Å². The van der Waals surface area contributed by atoms with Gasteiger partial charge in [0.15, 0.2) is 0 Å². The Morgan fingerprint density at radius 3 is 1.46 bits per heavy atom. The summed E-state index contributed by atoms with van der Waals surface area (Å²) < 4.78 is 2.63. The van der Waals surface area contributed by atoms with E-state index in [4.69, 9.17) is 0 Å². The molecule has 1 heterocycles. The van der Waals surface area contributed by atoms with Crippen molar-refractivity contribution in [1.82, 2.24) is 0 Å². The zero-order valence-corrected chi connectivity index (χ0v) is 33.4. The normalized spacial score (nSPS) is 15.8. The first-order valence-electron chi connectivity index (χ1n) is 20.2. The highest BCUT2D eigenvalue weighted by Gasteiger charge is 2.53. The van der Waals surface area contributed by atoms with Crippen LogP contribution in [0.15, 0.2) is 176 Å². The summed E-state index contributed by atoms with van der Waals surface area (Å²) in [4.78, 5) is 2.52. The van der Waals surface area contributed by atoms with Gasteiger partial charge in [-0.2, -0.15) is 0 Å². The zero-order valence-electron chi connectivity index (χ0n) is 32.6. The van der Waals surface area contributed by atoms with Gasteiger partial charge >= 0.3 is 0 Å². The van der Waals surface area contributed by atoms with E-state index in [0.717, 1.165) is 11.4 Å². The van der Waals surface area contributed by atoms with E-state index in [2.05, 4.69) is 209 Å². The first-order chi connectivity index (χ1) is 27.8. The molecule has 3 aliphatic carbocycles. The fraction of sp³-hybridized carbons (Fsp3) is 0.127. The molecule has 1 aromatic heterocycles. The highest BCUT2D eigenvalue weighted by Crippen LogP contribution is 2.63. The predicted octanol–water partition coefficient (Wildman–Crippen LogP) is 14.8. The molecule has 3 aliphatic rings. The molecule has 9 aromatic rings. The Kier molecular flexibility index (Phi) is 6.61. The van der Waals surface area contributed by atoms with E-state index >= 15 is 0 Å². The second-order valence-corrected chi connectivity index (χ2v) is 18.3. The summed E-state index contributed by atoms with van der Waals surface area (Å²) in [5.74, 6) is 0. The van der Waals surface area contributed by atoms with Crippen LogP contribution in [-0.4, -0.2) is 0 Å². The van der Waals surface area contributed by atoms with Crippen molar-refractivity contribution in [3.8, 4) is 22.3 Å². The van der Waals surface area contributed by atoms with E-state index < -0.39 is 5.41 Å². The van der Waals surface area contributed by atoms with Crippen LogP contribution < -0.4 is 4.90 Å². The van der Waals surface area contributed by atoms with Gasteiger partial charge in [-0.1, -0.05) is 155 Å². The van der Waals surface area contributed by atoms with Gasteiger partial charge in [-0.15, -0.1) is 11.3 Å². The van der Waals surface area contributed by atoms with Crippen molar-refractivity contribution in [3.05, 3.63) is 220 Å². The van der Waals surface area contributed by atoms with Crippen LogP contribution in [-0.2, 0) is 16.2 Å². The average Bonchev–Trinajstić information content (AvgIpc) is 3.84. The zero-order chi connectivity index (χ0) is 38.3. The fourth-order valence-electron chi connectivity index (χ4n) is 11.1. The van der Waals surface area contributed by atoms with E-state index in [1.54, 1.807) is 0 Å². The van der Waals surface area contributed by atoms with Crippen LogP contribution in [0.3, 0.4) is 0 Å². The third-order valence-electron chi connectivity index (χ3n) is 13.7. The highest BCUT2D eigenvalue weighted by atomic mass is 32.1. The second kappa shape index (κ2) is 11.4. The van der Waals surface area contributed by atoms with E-state index in [9.17, 15) is 0 Å². The molecule has 1 spiro atoms. The molecule has 0 atom stereocenters. The molecular formula is C55H41NS. The lowest BCUT2D eigenvalue weighted by Gasteiger charge is -2.46. The summed E-state index contributed by atoms with van der Waals surface area (Å²) in [6.07, 6.45) is 0. The van der Waals surface area contributed by atoms with E-state index in [1.807, 2.05) is 11.3 Å². The molecule has 272 valence electrons. The van der Waals surface area contributed by atoms with Crippen LogP contribution in [0.5, 0.6) is 0 Å². The Hall–Kier alpha value is -6.22. The van der Waals surface area contributed by atoms with Crippen LogP contribution in [0.25, 0.3) is 42.4 Å². The summed E-state index contributed by atoms with van der Waals surface area (Å²) in [6.45, 7) is 9.56. The van der Waals surface area contributed by atoms with Crippen molar-refractivity contribution in [2.24, 2.45) is 0 Å². The number of rotatable bonds is 3. The maximum Gasteiger partial charge on any atom is 0.0720 e. The minimum absolute atomic E-state index is 0.118. The van der Waals surface area contributed by atoms with Crippen molar-refractivity contribution in [2.75, 3.05) is 4.90 Å². The van der Waals surface area contributed by atoms with Crippen molar-refractivity contribution >= 4 is 48.6 Å². The molecule has 0 saturated carbocycles. The third-order valence-corrected chi connectivity index (χ3v) is 14.9. The molecular weight excluding hydrogens is 707 g/mol. The summed E-state index contributed by atoms with van der Waals surface area (Å²) in [5.41, 5.74) is 19.1. The molecule has 0 fully saturated rings. The maximum absolute atomic E-state index is 2.53.